The fourth-order valence-corrected chi connectivity index (χ4v) is 5.17. The first kappa shape index (κ1) is 15.9. The van der Waals surface area contributed by atoms with Gasteiger partial charge in [-0.1, -0.05) is 22.9 Å². The van der Waals surface area contributed by atoms with Crippen molar-refractivity contribution in [1.29, 1.82) is 0 Å². The number of rotatable bonds is 4. The molecule has 0 bridgehead atoms. The summed E-state index contributed by atoms with van der Waals surface area (Å²) in [5.74, 6) is -0.738. The maximum atomic E-state index is 14.3. The molecule has 20 heavy (non-hydrogen) atoms. The van der Waals surface area contributed by atoms with Crippen LogP contribution in [-0.2, 0) is 16.6 Å². The zero-order chi connectivity index (χ0) is 14.9. The van der Waals surface area contributed by atoms with Gasteiger partial charge >= 0.3 is 0 Å². The van der Waals surface area contributed by atoms with Gasteiger partial charge in [-0.3, -0.25) is 0 Å². The highest BCUT2D eigenvalue weighted by Gasteiger charge is 2.36. The lowest BCUT2D eigenvalue weighted by Gasteiger charge is -2.23. The van der Waals surface area contributed by atoms with Gasteiger partial charge in [0, 0.05) is 29.2 Å². The van der Waals surface area contributed by atoms with Crippen LogP contribution in [0.1, 0.15) is 31.7 Å². The fraction of sp³-hybridized carbons (Fsp3) is 0.538. The van der Waals surface area contributed by atoms with Gasteiger partial charge in [0.15, 0.2) is 0 Å². The van der Waals surface area contributed by atoms with E-state index in [0.717, 1.165) is 19.3 Å². The first-order valence-electron chi connectivity index (χ1n) is 6.61. The van der Waals surface area contributed by atoms with Crippen molar-refractivity contribution in [2.75, 3.05) is 6.54 Å². The second-order valence-electron chi connectivity index (χ2n) is 4.90. The monoisotopic (exact) mass is 364 g/mol. The molecule has 0 saturated carbocycles. The molecule has 1 atom stereocenters. The zero-order valence-electron chi connectivity index (χ0n) is 11.3. The van der Waals surface area contributed by atoms with E-state index in [1.165, 1.54) is 16.4 Å². The average Bonchev–Trinajstić information content (AvgIpc) is 2.89. The molecule has 1 unspecified atom stereocenters. The van der Waals surface area contributed by atoms with E-state index in [9.17, 15) is 12.8 Å². The predicted octanol–water partition coefficient (Wildman–Crippen LogP) is 2.61. The average molecular weight is 365 g/mol. The van der Waals surface area contributed by atoms with Crippen molar-refractivity contribution < 1.29 is 12.8 Å². The highest BCUT2D eigenvalue weighted by atomic mass is 79.9. The summed E-state index contributed by atoms with van der Waals surface area (Å²) >= 11 is 3.22. The molecule has 1 aromatic rings. The third-order valence-corrected chi connectivity index (χ3v) is 6.09. The Morgan fingerprint density at radius 2 is 2.20 bits per heavy atom. The summed E-state index contributed by atoms with van der Waals surface area (Å²) in [7, 11) is -3.81. The van der Waals surface area contributed by atoms with E-state index in [2.05, 4.69) is 15.9 Å². The van der Waals surface area contributed by atoms with Crippen molar-refractivity contribution >= 4 is 26.0 Å². The molecule has 2 N–H and O–H groups in total. The maximum absolute atomic E-state index is 14.3. The number of benzene rings is 1. The van der Waals surface area contributed by atoms with Crippen LogP contribution in [0.2, 0.25) is 0 Å². The second-order valence-corrected chi connectivity index (χ2v) is 7.68. The van der Waals surface area contributed by atoms with Crippen LogP contribution in [0.3, 0.4) is 0 Å². The summed E-state index contributed by atoms with van der Waals surface area (Å²) in [5.41, 5.74) is 5.67. The second kappa shape index (κ2) is 6.09. The molecular weight excluding hydrogens is 347 g/mol. The minimum Gasteiger partial charge on any atom is -0.326 e. The van der Waals surface area contributed by atoms with Crippen molar-refractivity contribution in [3.8, 4) is 0 Å². The van der Waals surface area contributed by atoms with Gasteiger partial charge in [0.1, 0.15) is 10.7 Å². The normalized spacial score (nSPS) is 20.5. The molecule has 4 nitrogen and oxygen atoms in total. The Kier molecular flexibility index (Phi) is 4.84. The Hall–Kier alpha value is -0.500. The van der Waals surface area contributed by atoms with Gasteiger partial charge in [0.05, 0.1) is 0 Å². The van der Waals surface area contributed by atoms with Gasteiger partial charge in [0.25, 0.3) is 0 Å². The highest BCUT2D eigenvalue weighted by molar-refractivity contribution is 9.10. The van der Waals surface area contributed by atoms with Crippen LogP contribution >= 0.6 is 15.9 Å². The number of hydrogen-bond donors (Lipinski definition) is 1. The molecule has 0 spiro atoms. The molecule has 1 fully saturated rings. The van der Waals surface area contributed by atoms with Crippen LogP contribution in [0.5, 0.6) is 0 Å². The first-order valence-corrected chi connectivity index (χ1v) is 8.85. The molecule has 1 aliphatic rings. The van der Waals surface area contributed by atoms with Gasteiger partial charge in [0.2, 0.25) is 10.0 Å². The number of sulfonamides is 1. The van der Waals surface area contributed by atoms with Crippen molar-refractivity contribution in [1.82, 2.24) is 4.31 Å². The lowest BCUT2D eigenvalue weighted by Crippen LogP contribution is -2.35. The first-order chi connectivity index (χ1) is 9.41. The minimum atomic E-state index is -3.81. The summed E-state index contributed by atoms with van der Waals surface area (Å²) < 4.78 is 41.6. The Morgan fingerprint density at radius 3 is 2.80 bits per heavy atom. The van der Waals surface area contributed by atoms with Crippen molar-refractivity contribution in [3.63, 3.8) is 0 Å². The van der Waals surface area contributed by atoms with Gasteiger partial charge in [-0.15, -0.1) is 0 Å². The number of hydrogen-bond acceptors (Lipinski definition) is 3. The Morgan fingerprint density at radius 1 is 1.50 bits per heavy atom. The minimum absolute atomic E-state index is 0.0367. The van der Waals surface area contributed by atoms with Gasteiger partial charge in [-0.2, -0.15) is 4.31 Å². The molecule has 0 radical (unpaired) electrons. The van der Waals surface area contributed by atoms with E-state index in [-0.39, 0.29) is 23.0 Å². The van der Waals surface area contributed by atoms with Gasteiger partial charge < -0.3 is 5.73 Å². The molecule has 0 amide bonds. The largest absolute Gasteiger partial charge is 0.326 e. The quantitative estimate of drug-likeness (QED) is 0.892. The molecule has 0 aromatic heterocycles. The topological polar surface area (TPSA) is 63.4 Å². The zero-order valence-corrected chi connectivity index (χ0v) is 13.7. The number of nitrogens with zero attached hydrogens (tertiary/aromatic N) is 1. The lowest BCUT2D eigenvalue weighted by molar-refractivity contribution is 0.377. The number of nitrogens with two attached hydrogens (primary N) is 1. The van der Waals surface area contributed by atoms with Crippen LogP contribution in [-0.4, -0.2) is 25.3 Å². The van der Waals surface area contributed by atoms with Crippen LogP contribution in [0.25, 0.3) is 0 Å². The lowest BCUT2D eigenvalue weighted by atomic mass is 10.2. The highest BCUT2D eigenvalue weighted by Crippen LogP contribution is 2.31. The molecule has 1 aliphatic heterocycles. The smallest absolute Gasteiger partial charge is 0.246 e. The predicted molar refractivity (Wildman–Crippen MR) is 79.2 cm³/mol. The molecule has 1 aromatic carbocycles. The molecule has 1 saturated heterocycles. The van der Waals surface area contributed by atoms with Crippen molar-refractivity contribution in [3.05, 3.63) is 28.0 Å². The van der Waals surface area contributed by atoms with Crippen LogP contribution in [0.4, 0.5) is 4.39 Å². The van der Waals surface area contributed by atoms with Gasteiger partial charge in [-0.05, 0) is 31.4 Å². The SMILES string of the molecule is CCC1CCCN1S(=O)(=O)c1cc(Br)cc(CN)c1F. The standard InChI is InChI=1S/C13H18BrFN2O2S/c1-2-11-4-3-5-17(11)20(18,19)12-7-10(14)6-9(8-16)13(12)15/h6-7,11H,2-5,8,16H2,1H3. The van der Waals surface area contributed by atoms with Crippen LogP contribution in [0, 0.1) is 5.82 Å². The molecule has 1 heterocycles. The van der Waals surface area contributed by atoms with Gasteiger partial charge in [-0.25, -0.2) is 12.8 Å². The van der Waals surface area contributed by atoms with E-state index < -0.39 is 15.8 Å². The summed E-state index contributed by atoms with van der Waals surface area (Å²) in [6.45, 7) is 2.36. The van der Waals surface area contributed by atoms with Crippen LogP contribution in [0.15, 0.2) is 21.5 Å². The molecule has 0 aliphatic carbocycles. The third kappa shape index (κ3) is 2.77. The van der Waals surface area contributed by atoms with E-state index in [1.807, 2.05) is 6.92 Å². The van der Waals surface area contributed by atoms with Crippen LogP contribution < -0.4 is 5.73 Å². The fourth-order valence-electron chi connectivity index (χ4n) is 2.61. The Balaban J connectivity index is 2.52. The number of halogens is 2. The molecular formula is C13H18BrFN2O2S. The van der Waals surface area contributed by atoms with E-state index in [1.54, 1.807) is 0 Å². The Labute approximate surface area is 127 Å². The summed E-state index contributed by atoms with van der Waals surface area (Å²) in [5, 5.41) is 0. The molecule has 7 heteroatoms. The Bertz CT molecular complexity index is 607. The van der Waals surface area contributed by atoms with E-state index in [4.69, 9.17) is 5.73 Å². The molecule has 2 rings (SSSR count). The van der Waals surface area contributed by atoms with Crippen molar-refractivity contribution in [2.24, 2.45) is 5.73 Å². The van der Waals surface area contributed by atoms with E-state index in [0.29, 0.717) is 11.0 Å². The molecule has 112 valence electrons. The van der Waals surface area contributed by atoms with E-state index >= 15 is 0 Å². The summed E-state index contributed by atoms with van der Waals surface area (Å²) in [4.78, 5) is -0.285. The third-order valence-electron chi connectivity index (χ3n) is 3.68. The van der Waals surface area contributed by atoms with Crippen molar-refractivity contribution in [2.45, 2.75) is 43.7 Å². The summed E-state index contributed by atoms with van der Waals surface area (Å²) in [6.07, 6.45) is 2.38. The summed E-state index contributed by atoms with van der Waals surface area (Å²) in [6, 6.07) is 2.78. The maximum Gasteiger partial charge on any atom is 0.246 e.